The van der Waals surface area contributed by atoms with Gasteiger partial charge >= 0.3 is 0 Å². The molecule has 1 aromatic carbocycles. The molecule has 3 heteroatoms. The van der Waals surface area contributed by atoms with Crippen LogP contribution in [0.5, 0.6) is 0 Å². The second-order valence-electron chi connectivity index (χ2n) is 3.95. The van der Waals surface area contributed by atoms with E-state index >= 15 is 0 Å². The first kappa shape index (κ1) is 10.1. The van der Waals surface area contributed by atoms with Crippen molar-refractivity contribution in [3.05, 3.63) is 29.2 Å². The quantitative estimate of drug-likeness (QED) is 0.748. The normalized spacial score (nSPS) is 13.3. The van der Waals surface area contributed by atoms with Crippen LogP contribution in [-0.4, -0.2) is 5.16 Å². The van der Waals surface area contributed by atoms with Crippen molar-refractivity contribution in [1.82, 2.24) is 5.16 Å². The number of aryl methyl sites for hydroxylation is 1. The minimum absolute atomic E-state index is 0.201. The summed E-state index contributed by atoms with van der Waals surface area (Å²) in [6.07, 6.45) is 0.923. The van der Waals surface area contributed by atoms with Crippen LogP contribution < -0.4 is 0 Å². The van der Waals surface area contributed by atoms with Gasteiger partial charge in [0.1, 0.15) is 5.82 Å². The number of aromatic nitrogens is 1. The van der Waals surface area contributed by atoms with E-state index in [0.29, 0.717) is 5.58 Å². The van der Waals surface area contributed by atoms with E-state index < -0.39 is 0 Å². The number of nitrogens with zero attached hydrogens (tertiary/aromatic N) is 1. The summed E-state index contributed by atoms with van der Waals surface area (Å²) >= 11 is 0. The Balaban J connectivity index is 2.64. The molecule has 1 atom stereocenters. The van der Waals surface area contributed by atoms with Gasteiger partial charge in [-0.3, -0.25) is 0 Å². The Bertz CT molecular complexity index is 490. The molecule has 0 aliphatic heterocycles. The van der Waals surface area contributed by atoms with Crippen LogP contribution in [0.25, 0.3) is 11.0 Å². The van der Waals surface area contributed by atoms with Crippen molar-refractivity contribution in [2.24, 2.45) is 0 Å². The van der Waals surface area contributed by atoms with Gasteiger partial charge in [-0.1, -0.05) is 19.0 Å². The molecule has 1 unspecified atom stereocenters. The van der Waals surface area contributed by atoms with E-state index in [4.69, 9.17) is 4.52 Å². The Hall–Kier alpha value is -1.38. The average Bonchev–Trinajstić information content (AvgIpc) is 2.58. The third-order valence-electron chi connectivity index (χ3n) is 2.91. The summed E-state index contributed by atoms with van der Waals surface area (Å²) in [6.45, 7) is 5.94. The van der Waals surface area contributed by atoms with Crippen LogP contribution in [0.2, 0.25) is 0 Å². The second-order valence-corrected chi connectivity index (χ2v) is 3.95. The van der Waals surface area contributed by atoms with Gasteiger partial charge in [-0.2, -0.15) is 0 Å². The molecule has 0 radical (unpaired) electrons. The Kier molecular flexibility index (Phi) is 2.47. The molecule has 0 aliphatic rings. The Labute approximate surface area is 88.1 Å². The zero-order valence-corrected chi connectivity index (χ0v) is 9.17. The van der Waals surface area contributed by atoms with Gasteiger partial charge in [0.05, 0.1) is 5.69 Å². The van der Waals surface area contributed by atoms with Crippen molar-refractivity contribution >= 4 is 11.0 Å². The van der Waals surface area contributed by atoms with Gasteiger partial charge in [0.2, 0.25) is 0 Å². The highest BCUT2D eigenvalue weighted by atomic mass is 19.1. The van der Waals surface area contributed by atoms with Gasteiger partial charge in [-0.15, -0.1) is 0 Å². The van der Waals surface area contributed by atoms with Gasteiger partial charge in [-0.25, -0.2) is 4.39 Å². The number of halogens is 1. The first-order valence-corrected chi connectivity index (χ1v) is 5.19. The maximum atomic E-state index is 13.7. The topological polar surface area (TPSA) is 26.0 Å². The van der Waals surface area contributed by atoms with Gasteiger partial charge in [-0.05, 0) is 30.9 Å². The lowest BCUT2D eigenvalue weighted by atomic mass is 9.96. The van der Waals surface area contributed by atoms with E-state index in [1.54, 1.807) is 0 Å². The number of hydrogen-bond donors (Lipinski definition) is 0. The largest absolute Gasteiger partial charge is 0.356 e. The minimum Gasteiger partial charge on any atom is -0.356 e. The van der Waals surface area contributed by atoms with Crippen molar-refractivity contribution < 1.29 is 8.91 Å². The fourth-order valence-corrected chi connectivity index (χ4v) is 1.69. The fraction of sp³-hybridized carbons (Fsp3) is 0.417. The van der Waals surface area contributed by atoms with Crippen molar-refractivity contribution in [3.8, 4) is 0 Å². The fourth-order valence-electron chi connectivity index (χ4n) is 1.69. The van der Waals surface area contributed by atoms with Crippen LogP contribution in [0.3, 0.4) is 0 Å². The van der Waals surface area contributed by atoms with Crippen molar-refractivity contribution in [2.45, 2.75) is 33.1 Å². The molecule has 0 spiro atoms. The van der Waals surface area contributed by atoms with E-state index in [1.807, 2.05) is 19.9 Å². The smallest absolute Gasteiger partial charge is 0.170 e. The molecular weight excluding hydrogens is 193 g/mol. The van der Waals surface area contributed by atoms with Gasteiger partial charge in [0, 0.05) is 11.5 Å². The third-order valence-corrected chi connectivity index (χ3v) is 2.91. The zero-order valence-electron chi connectivity index (χ0n) is 9.17. The van der Waals surface area contributed by atoms with Crippen molar-refractivity contribution in [3.63, 3.8) is 0 Å². The van der Waals surface area contributed by atoms with E-state index in [-0.39, 0.29) is 11.7 Å². The lowest BCUT2D eigenvalue weighted by Gasteiger charge is -2.09. The summed E-state index contributed by atoms with van der Waals surface area (Å²) in [6, 6.07) is 3.28. The Morgan fingerprint density at radius 3 is 2.87 bits per heavy atom. The highest BCUT2D eigenvalue weighted by Gasteiger charge is 2.14. The molecule has 80 valence electrons. The third kappa shape index (κ3) is 1.62. The molecule has 2 rings (SSSR count). The molecule has 0 bridgehead atoms. The molecule has 2 aromatic rings. The summed E-state index contributed by atoms with van der Waals surface area (Å²) in [5.41, 5.74) is 2.09. The van der Waals surface area contributed by atoms with Crippen LogP contribution in [0.4, 0.5) is 4.39 Å². The molecule has 1 aromatic heterocycles. The van der Waals surface area contributed by atoms with Crippen LogP contribution in [0.15, 0.2) is 16.7 Å². The molecule has 2 nitrogen and oxygen atoms in total. The average molecular weight is 207 g/mol. The standard InChI is InChI=1S/C12H14FNO/c1-4-7(2)9-5-10-8(3)14-15-12(10)6-11(9)13/h5-7H,4H2,1-3H3. The van der Waals surface area contributed by atoms with E-state index in [9.17, 15) is 4.39 Å². The summed E-state index contributed by atoms with van der Waals surface area (Å²) in [7, 11) is 0. The Morgan fingerprint density at radius 2 is 2.20 bits per heavy atom. The molecule has 0 N–H and O–H groups in total. The lowest BCUT2D eigenvalue weighted by molar-refractivity contribution is 0.448. The van der Waals surface area contributed by atoms with Gasteiger partial charge in [0.15, 0.2) is 5.58 Å². The van der Waals surface area contributed by atoms with Crippen LogP contribution in [-0.2, 0) is 0 Å². The van der Waals surface area contributed by atoms with Crippen LogP contribution in [0.1, 0.15) is 37.4 Å². The number of benzene rings is 1. The molecule has 15 heavy (non-hydrogen) atoms. The number of hydrogen-bond acceptors (Lipinski definition) is 2. The molecule has 1 heterocycles. The monoisotopic (exact) mass is 207 g/mol. The van der Waals surface area contributed by atoms with Gasteiger partial charge < -0.3 is 4.52 Å². The van der Waals surface area contributed by atoms with E-state index in [0.717, 1.165) is 23.1 Å². The molecule has 0 amide bonds. The number of fused-ring (bicyclic) bond motifs is 1. The summed E-state index contributed by atoms with van der Waals surface area (Å²) in [5, 5.41) is 4.73. The predicted molar refractivity (Wildman–Crippen MR) is 57.4 cm³/mol. The SMILES string of the molecule is CCC(C)c1cc2c(C)noc2cc1F. The zero-order chi connectivity index (χ0) is 11.0. The molecular formula is C12H14FNO. The van der Waals surface area contributed by atoms with E-state index in [2.05, 4.69) is 12.1 Å². The first-order valence-electron chi connectivity index (χ1n) is 5.19. The Morgan fingerprint density at radius 1 is 1.47 bits per heavy atom. The summed E-state index contributed by atoms with van der Waals surface area (Å²) < 4.78 is 18.7. The highest BCUT2D eigenvalue weighted by molar-refractivity contribution is 5.80. The predicted octanol–water partition coefficient (Wildman–Crippen LogP) is 3.79. The van der Waals surface area contributed by atoms with Crippen molar-refractivity contribution in [2.75, 3.05) is 0 Å². The van der Waals surface area contributed by atoms with Crippen LogP contribution >= 0.6 is 0 Å². The second kappa shape index (κ2) is 3.65. The van der Waals surface area contributed by atoms with Gasteiger partial charge in [0.25, 0.3) is 0 Å². The molecule has 0 aliphatic carbocycles. The molecule has 0 saturated carbocycles. The first-order chi connectivity index (χ1) is 7.13. The molecule has 0 saturated heterocycles. The van der Waals surface area contributed by atoms with E-state index in [1.165, 1.54) is 6.07 Å². The lowest BCUT2D eigenvalue weighted by Crippen LogP contribution is -1.95. The minimum atomic E-state index is -0.201. The summed E-state index contributed by atoms with van der Waals surface area (Å²) in [5.74, 6) is 0.0247. The highest BCUT2D eigenvalue weighted by Crippen LogP contribution is 2.28. The molecule has 0 fully saturated rings. The maximum Gasteiger partial charge on any atom is 0.170 e. The maximum absolute atomic E-state index is 13.7. The van der Waals surface area contributed by atoms with Crippen molar-refractivity contribution in [1.29, 1.82) is 0 Å². The summed E-state index contributed by atoms with van der Waals surface area (Å²) in [4.78, 5) is 0. The van der Waals surface area contributed by atoms with Crippen LogP contribution in [0, 0.1) is 12.7 Å². The number of rotatable bonds is 2.